The zero-order valence-electron chi connectivity index (χ0n) is 14.4. The summed E-state index contributed by atoms with van der Waals surface area (Å²) >= 11 is 6.00. The highest BCUT2D eigenvalue weighted by Crippen LogP contribution is 2.21. The van der Waals surface area contributed by atoms with Crippen molar-refractivity contribution >= 4 is 34.5 Å². The molecule has 138 valence electrons. The number of aromatic nitrogens is 2. The van der Waals surface area contributed by atoms with Gasteiger partial charge in [0.15, 0.2) is 5.75 Å². The van der Waals surface area contributed by atoms with Crippen molar-refractivity contribution < 1.29 is 14.3 Å². The molecule has 1 saturated heterocycles. The van der Waals surface area contributed by atoms with E-state index in [0.717, 1.165) is 10.9 Å². The number of carbonyl (C=O) groups excluding carboxylic acids is 2. The van der Waals surface area contributed by atoms with E-state index in [0.29, 0.717) is 42.6 Å². The molecule has 0 saturated carbocycles. The lowest BCUT2D eigenvalue weighted by Crippen LogP contribution is -2.51. The molecular formula is C19H17ClN4O3. The lowest BCUT2D eigenvalue weighted by Gasteiger charge is -2.33. The van der Waals surface area contributed by atoms with Crippen molar-refractivity contribution in [3.63, 3.8) is 0 Å². The highest BCUT2D eigenvalue weighted by Gasteiger charge is 2.26. The Kier molecular flexibility index (Phi) is 4.68. The molecule has 8 heteroatoms. The second-order valence-electron chi connectivity index (χ2n) is 6.25. The number of aromatic amines is 1. The van der Waals surface area contributed by atoms with Crippen molar-refractivity contribution in [2.75, 3.05) is 26.2 Å². The molecule has 0 unspecified atom stereocenters. The summed E-state index contributed by atoms with van der Waals surface area (Å²) in [6.07, 6.45) is 2.66. The molecule has 4 rings (SSSR count). The number of fused-ring (bicyclic) bond motifs is 1. The number of pyridine rings is 1. The Labute approximate surface area is 160 Å². The number of rotatable bonds is 2. The molecule has 1 aliphatic heterocycles. The molecule has 0 bridgehead atoms. The number of hydrogen-bond acceptors (Lipinski definition) is 4. The molecule has 1 aromatic carbocycles. The van der Waals surface area contributed by atoms with Gasteiger partial charge in [0.05, 0.1) is 6.20 Å². The van der Waals surface area contributed by atoms with Crippen LogP contribution >= 0.6 is 11.6 Å². The molecule has 0 aliphatic carbocycles. The van der Waals surface area contributed by atoms with Crippen LogP contribution in [0.15, 0.2) is 48.8 Å². The first kappa shape index (κ1) is 17.4. The Balaban J connectivity index is 1.38. The topological polar surface area (TPSA) is 78.5 Å². The zero-order valence-corrected chi connectivity index (χ0v) is 15.1. The number of carbonyl (C=O) groups is 2. The summed E-state index contributed by atoms with van der Waals surface area (Å²) in [6.45, 7) is 1.71. The molecule has 2 aromatic heterocycles. The number of ether oxygens (including phenoxy) is 1. The zero-order chi connectivity index (χ0) is 18.8. The largest absolute Gasteiger partial charge is 0.415 e. The van der Waals surface area contributed by atoms with Crippen molar-refractivity contribution in [1.82, 2.24) is 19.8 Å². The number of benzene rings is 1. The highest BCUT2D eigenvalue weighted by molar-refractivity contribution is 6.31. The van der Waals surface area contributed by atoms with Crippen molar-refractivity contribution in [2.45, 2.75) is 0 Å². The Morgan fingerprint density at radius 1 is 1.07 bits per heavy atom. The Morgan fingerprint density at radius 2 is 1.85 bits per heavy atom. The van der Waals surface area contributed by atoms with Gasteiger partial charge in [0.1, 0.15) is 5.69 Å². The lowest BCUT2D eigenvalue weighted by molar-refractivity contribution is 0.0629. The third-order valence-corrected chi connectivity index (χ3v) is 4.71. The van der Waals surface area contributed by atoms with Gasteiger partial charge >= 0.3 is 6.09 Å². The summed E-state index contributed by atoms with van der Waals surface area (Å²) in [6, 6.07) is 10.6. The number of hydrogen-bond donors (Lipinski definition) is 1. The smallest absolute Gasteiger partial charge is 0.409 e. The predicted octanol–water partition coefficient (Wildman–Crippen LogP) is 3.17. The maximum Gasteiger partial charge on any atom is 0.415 e. The minimum atomic E-state index is -0.435. The van der Waals surface area contributed by atoms with Crippen molar-refractivity contribution in [3.8, 4) is 5.75 Å². The normalized spacial score (nSPS) is 14.4. The van der Waals surface area contributed by atoms with Crippen LogP contribution in [-0.2, 0) is 0 Å². The fourth-order valence-corrected chi connectivity index (χ4v) is 3.23. The van der Waals surface area contributed by atoms with Gasteiger partial charge in [-0.1, -0.05) is 11.6 Å². The predicted molar refractivity (Wildman–Crippen MR) is 101 cm³/mol. The van der Waals surface area contributed by atoms with Crippen molar-refractivity contribution in [1.29, 1.82) is 0 Å². The van der Waals surface area contributed by atoms with Gasteiger partial charge in [0.2, 0.25) is 0 Å². The number of nitrogens with one attached hydrogen (secondary N) is 1. The third kappa shape index (κ3) is 3.73. The van der Waals surface area contributed by atoms with Gasteiger partial charge in [0, 0.05) is 48.3 Å². The summed E-state index contributed by atoms with van der Waals surface area (Å²) in [7, 11) is 0. The summed E-state index contributed by atoms with van der Waals surface area (Å²) in [4.78, 5) is 35.3. The monoisotopic (exact) mass is 384 g/mol. The number of amides is 2. The minimum Gasteiger partial charge on any atom is -0.409 e. The van der Waals surface area contributed by atoms with Crippen molar-refractivity contribution in [3.05, 3.63) is 59.5 Å². The Bertz CT molecular complexity index is 981. The van der Waals surface area contributed by atoms with Gasteiger partial charge in [-0.25, -0.2) is 4.79 Å². The van der Waals surface area contributed by atoms with E-state index in [1.165, 1.54) is 6.20 Å². The molecule has 2 amide bonds. The second-order valence-corrected chi connectivity index (χ2v) is 6.69. The van der Waals surface area contributed by atoms with E-state index >= 15 is 0 Å². The van der Waals surface area contributed by atoms with E-state index in [2.05, 4.69) is 9.97 Å². The Hall–Kier alpha value is -3.06. The number of H-pyrrole nitrogens is 1. The van der Waals surface area contributed by atoms with Crippen LogP contribution in [0.3, 0.4) is 0 Å². The van der Waals surface area contributed by atoms with Crippen LogP contribution in [0, 0.1) is 0 Å². The van der Waals surface area contributed by atoms with Gasteiger partial charge in [-0.3, -0.25) is 9.78 Å². The third-order valence-electron chi connectivity index (χ3n) is 4.48. The van der Waals surface area contributed by atoms with E-state index in [-0.39, 0.29) is 5.91 Å². The molecule has 7 nitrogen and oxygen atoms in total. The van der Waals surface area contributed by atoms with Crippen LogP contribution in [0.4, 0.5) is 4.79 Å². The van der Waals surface area contributed by atoms with Crippen LogP contribution in [0.5, 0.6) is 5.75 Å². The van der Waals surface area contributed by atoms with Crippen LogP contribution in [0.2, 0.25) is 5.02 Å². The van der Waals surface area contributed by atoms with Gasteiger partial charge in [0.25, 0.3) is 5.91 Å². The number of halogens is 1. The second kappa shape index (κ2) is 7.28. The number of piperazine rings is 1. The molecule has 1 N–H and O–H groups in total. The fraction of sp³-hybridized carbons (Fsp3) is 0.211. The fourth-order valence-electron chi connectivity index (χ4n) is 3.05. The van der Waals surface area contributed by atoms with Crippen LogP contribution < -0.4 is 4.74 Å². The molecule has 0 spiro atoms. The van der Waals surface area contributed by atoms with Crippen LogP contribution in [0.25, 0.3) is 10.9 Å². The van der Waals surface area contributed by atoms with E-state index in [1.807, 2.05) is 12.1 Å². The van der Waals surface area contributed by atoms with E-state index in [4.69, 9.17) is 16.3 Å². The minimum absolute atomic E-state index is 0.0948. The first-order chi connectivity index (χ1) is 13.1. The van der Waals surface area contributed by atoms with E-state index < -0.39 is 6.09 Å². The summed E-state index contributed by atoms with van der Waals surface area (Å²) in [5.41, 5.74) is 1.38. The quantitative estimate of drug-likeness (QED) is 0.736. The molecule has 27 heavy (non-hydrogen) atoms. The van der Waals surface area contributed by atoms with Gasteiger partial charge in [-0.05, 0) is 36.4 Å². The van der Waals surface area contributed by atoms with Gasteiger partial charge in [-0.15, -0.1) is 0 Å². The molecule has 0 radical (unpaired) electrons. The van der Waals surface area contributed by atoms with E-state index in [9.17, 15) is 9.59 Å². The molecule has 1 fully saturated rings. The van der Waals surface area contributed by atoms with Gasteiger partial charge in [-0.2, -0.15) is 0 Å². The Morgan fingerprint density at radius 3 is 2.59 bits per heavy atom. The van der Waals surface area contributed by atoms with Crippen molar-refractivity contribution in [2.24, 2.45) is 0 Å². The first-order valence-electron chi connectivity index (χ1n) is 8.54. The summed E-state index contributed by atoms with van der Waals surface area (Å²) in [5.74, 6) is 0.306. The molecule has 1 aliphatic rings. The maximum atomic E-state index is 12.7. The molecular weight excluding hydrogens is 368 g/mol. The van der Waals surface area contributed by atoms with E-state index in [1.54, 1.807) is 40.3 Å². The first-order valence-corrected chi connectivity index (χ1v) is 8.92. The van der Waals surface area contributed by atoms with Crippen LogP contribution in [0.1, 0.15) is 10.5 Å². The maximum absolute atomic E-state index is 12.7. The van der Waals surface area contributed by atoms with Gasteiger partial charge < -0.3 is 19.5 Å². The van der Waals surface area contributed by atoms with Crippen LogP contribution in [-0.4, -0.2) is 57.9 Å². The highest BCUT2D eigenvalue weighted by atomic mass is 35.5. The summed E-state index contributed by atoms with van der Waals surface area (Å²) < 4.78 is 5.29. The SMILES string of the molecule is O=C(Oc1cccnc1)N1CCN(C(=O)c2cc3cc(Cl)ccc3[nH]2)CC1. The standard InChI is InChI=1S/C19H17ClN4O3/c20-14-3-4-16-13(10-14)11-17(22-16)18(25)23-6-8-24(9-7-23)19(26)27-15-2-1-5-21-12-15/h1-5,10-12,22H,6-9H2. The average molecular weight is 385 g/mol. The summed E-state index contributed by atoms with van der Waals surface area (Å²) in [5, 5.41) is 1.52. The number of nitrogens with zero attached hydrogens (tertiary/aromatic N) is 3. The average Bonchev–Trinajstić information content (AvgIpc) is 3.11. The molecule has 3 aromatic rings. The lowest BCUT2D eigenvalue weighted by atomic mass is 10.2. The molecule has 3 heterocycles. The molecule has 0 atom stereocenters.